The number of carbonyl (C=O) groups is 1. The van der Waals surface area contributed by atoms with Crippen molar-refractivity contribution in [2.45, 2.75) is 52.4 Å². The minimum Gasteiger partial charge on any atom is -0.361 e. The molecule has 22 heavy (non-hydrogen) atoms. The van der Waals surface area contributed by atoms with Gasteiger partial charge in [-0.05, 0) is 37.7 Å². The van der Waals surface area contributed by atoms with Crippen LogP contribution in [-0.4, -0.2) is 17.6 Å². The van der Waals surface area contributed by atoms with Crippen molar-refractivity contribution < 1.29 is 4.79 Å². The summed E-state index contributed by atoms with van der Waals surface area (Å²) in [7, 11) is 0. The van der Waals surface area contributed by atoms with Crippen molar-refractivity contribution >= 4 is 23.2 Å². The SMILES string of the molecule is CCCCCCCCNC(=S)NNC(=O)c1ccc(C)cc1. The standard InChI is InChI=1S/C17H27N3OS/c1-3-4-5-6-7-8-13-18-17(22)20-19-16(21)15-11-9-14(2)10-12-15/h9-12H,3-8,13H2,1-2H3,(H,19,21)(H2,18,20,22). The highest BCUT2D eigenvalue weighted by Gasteiger charge is 2.04. The van der Waals surface area contributed by atoms with Gasteiger partial charge in [0.15, 0.2) is 5.11 Å². The molecule has 0 aromatic heterocycles. The number of amides is 1. The maximum absolute atomic E-state index is 11.9. The molecule has 0 atom stereocenters. The second-order valence-corrected chi connectivity index (χ2v) is 5.88. The molecular formula is C17H27N3OS. The zero-order chi connectivity index (χ0) is 16.2. The van der Waals surface area contributed by atoms with Crippen LogP contribution in [-0.2, 0) is 0 Å². The van der Waals surface area contributed by atoms with Crippen LogP contribution in [0.1, 0.15) is 61.4 Å². The van der Waals surface area contributed by atoms with Gasteiger partial charge in [0.1, 0.15) is 0 Å². The lowest BCUT2D eigenvalue weighted by atomic mass is 10.1. The first kappa shape index (κ1) is 18.4. The van der Waals surface area contributed by atoms with E-state index in [0.29, 0.717) is 10.7 Å². The second-order valence-electron chi connectivity index (χ2n) is 5.47. The van der Waals surface area contributed by atoms with Gasteiger partial charge in [-0.1, -0.05) is 56.7 Å². The van der Waals surface area contributed by atoms with E-state index < -0.39 is 0 Å². The Hall–Kier alpha value is -1.62. The number of hydrogen-bond donors (Lipinski definition) is 3. The minimum atomic E-state index is -0.191. The maximum Gasteiger partial charge on any atom is 0.269 e. The van der Waals surface area contributed by atoms with Crippen molar-refractivity contribution in [3.63, 3.8) is 0 Å². The molecule has 5 heteroatoms. The van der Waals surface area contributed by atoms with E-state index in [4.69, 9.17) is 12.2 Å². The van der Waals surface area contributed by atoms with Crippen molar-refractivity contribution in [2.24, 2.45) is 0 Å². The molecule has 3 N–H and O–H groups in total. The molecule has 122 valence electrons. The molecule has 1 aromatic carbocycles. The molecule has 0 saturated carbocycles. The third-order valence-corrected chi connectivity index (χ3v) is 3.67. The first-order valence-electron chi connectivity index (χ1n) is 8.04. The molecule has 0 bridgehead atoms. The largest absolute Gasteiger partial charge is 0.361 e. The Kier molecular flexibility index (Phi) is 9.23. The highest BCUT2D eigenvalue weighted by molar-refractivity contribution is 7.80. The Bertz CT molecular complexity index is 459. The van der Waals surface area contributed by atoms with Crippen LogP contribution in [0.15, 0.2) is 24.3 Å². The third-order valence-electron chi connectivity index (χ3n) is 3.42. The number of rotatable bonds is 8. The molecule has 0 heterocycles. The molecule has 0 aliphatic heterocycles. The number of nitrogens with one attached hydrogen (secondary N) is 3. The van der Waals surface area contributed by atoms with Crippen LogP contribution < -0.4 is 16.2 Å². The summed E-state index contributed by atoms with van der Waals surface area (Å²) >= 11 is 5.13. The summed E-state index contributed by atoms with van der Waals surface area (Å²) < 4.78 is 0. The Morgan fingerprint density at radius 1 is 1.00 bits per heavy atom. The van der Waals surface area contributed by atoms with E-state index in [9.17, 15) is 4.79 Å². The molecule has 1 rings (SSSR count). The van der Waals surface area contributed by atoms with E-state index in [1.807, 2.05) is 19.1 Å². The average molecular weight is 321 g/mol. The van der Waals surface area contributed by atoms with Crippen LogP contribution in [0.2, 0.25) is 0 Å². The average Bonchev–Trinajstić information content (AvgIpc) is 2.52. The van der Waals surface area contributed by atoms with E-state index in [1.54, 1.807) is 12.1 Å². The fraction of sp³-hybridized carbons (Fsp3) is 0.529. The van der Waals surface area contributed by atoms with Gasteiger partial charge in [0.2, 0.25) is 0 Å². The Labute approximate surface area is 139 Å². The summed E-state index contributed by atoms with van der Waals surface area (Å²) in [4.78, 5) is 11.9. The fourth-order valence-electron chi connectivity index (χ4n) is 2.04. The number of carbonyl (C=O) groups excluding carboxylic acids is 1. The van der Waals surface area contributed by atoms with E-state index in [2.05, 4.69) is 23.1 Å². The monoisotopic (exact) mass is 321 g/mol. The zero-order valence-electron chi connectivity index (χ0n) is 13.6. The van der Waals surface area contributed by atoms with Crippen molar-refractivity contribution in [3.8, 4) is 0 Å². The topological polar surface area (TPSA) is 53.2 Å². The Balaban J connectivity index is 2.10. The molecule has 0 saturated heterocycles. The summed E-state index contributed by atoms with van der Waals surface area (Å²) in [6.07, 6.45) is 7.49. The van der Waals surface area contributed by atoms with Crippen molar-refractivity contribution in [2.75, 3.05) is 6.54 Å². The quantitative estimate of drug-likeness (QED) is 0.390. The van der Waals surface area contributed by atoms with E-state index in [-0.39, 0.29) is 5.91 Å². The van der Waals surface area contributed by atoms with Crippen LogP contribution in [0.3, 0.4) is 0 Å². The number of hydrogen-bond acceptors (Lipinski definition) is 2. The van der Waals surface area contributed by atoms with Crippen LogP contribution >= 0.6 is 12.2 Å². The number of benzene rings is 1. The zero-order valence-corrected chi connectivity index (χ0v) is 14.4. The molecule has 0 fully saturated rings. The first-order valence-corrected chi connectivity index (χ1v) is 8.45. The maximum atomic E-state index is 11.9. The van der Waals surface area contributed by atoms with E-state index in [0.717, 1.165) is 18.5 Å². The Morgan fingerprint density at radius 2 is 1.64 bits per heavy atom. The lowest BCUT2D eigenvalue weighted by Crippen LogP contribution is -2.46. The van der Waals surface area contributed by atoms with Crippen molar-refractivity contribution in [1.82, 2.24) is 16.2 Å². The van der Waals surface area contributed by atoms with Gasteiger partial charge in [-0.25, -0.2) is 0 Å². The van der Waals surface area contributed by atoms with Crippen LogP contribution in [0, 0.1) is 6.92 Å². The highest BCUT2D eigenvalue weighted by atomic mass is 32.1. The molecule has 0 aliphatic carbocycles. The lowest BCUT2D eigenvalue weighted by Gasteiger charge is -2.11. The molecule has 0 radical (unpaired) electrons. The van der Waals surface area contributed by atoms with Gasteiger partial charge in [0, 0.05) is 12.1 Å². The smallest absolute Gasteiger partial charge is 0.269 e. The highest BCUT2D eigenvalue weighted by Crippen LogP contribution is 2.04. The van der Waals surface area contributed by atoms with Gasteiger partial charge in [0.25, 0.3) is 5.91 Å². The lowest BCUT2D eigenvalue weighted by molar-refractivity contribution is 0.0943. The van der Waals surface area contributed by atoms with Crippen molar-refractivity contribution in [3.05, 3.63) is 35.4 Å². The van der Waals surface area contributed by atoms with Gasteiger partial charge in [-0.15, -0.1) is 0 Å². The molecule has 1 amide bonds. The van der Waals surface area contributed by atoms with Gasteiger partial charge in [0.05, 0.1) is 0 Å². The minimum absolute atomic E-state index is 0.191. The molecular weight excluding hydrogens is 294 g/mol. The molecule has 0 unspecified atom stereocenters. The Morgan fingerprint density at radius 3 is 2.32 bits per heavy atom. The predicted molar refractivity (Wildman–Crippen MR) is 95.8 cm³/mol. The van der Waals surface area contributed by atoms with Gasteiger partial charge in [-0.2, -0.15) is 0 Å². The summed E-state index contributed by atoms with van der Waals surface area (Å²) in [6.45, 7) is 5.04. The molecule has 0 spiro atoms. The van der Waals surface area contributed by atoms with Crippen LogP contribution in [0.5, 0.6) is 0 Å². The molecule has 1 aromatic rings. The summed E-state index contributed by atoms with van der Waals surface area (Å²) in [5.74, 6) is -0.191. The number of hydrazine groups is 1. The van der Waals surface area contributed by atoms with Crippen LogP contribution in [0.25, 0.3) is 0 Å². The van der Waals surface area contributed by atoms with Gasteiger partial charge < -0.3 is 5.32 Å². The molecule has 0 aliphatic rings. The van der Waals surface area contributed by atoms with E-state index in [1.165, 1.54) is 32.1 Å². The first-order chi connectivity index (χ1) is 10.6. The van der Waals surface area contributed by atoms with Crippen LogP contribution in [0.4, 0.5) is 0 Å². The van der Waals surface area contributed by atoms with Gasteiger partial charge >= 0.3 is 0 Å². The number of aryl methyl sites for hydroxylation is 1. The third kappa shape index (κ3) is 7.98. The number of thiocarbonyl (C=S) groups is 1. The summed E-state index contributed by atoms with van der Waals surface area (Å²) in [5.41, 5.74) is 7.06. The predicted octanol–water partition coefficient (Wildman–Crippen LogP) is 3.46. The van der Waals surface area contributed by atoms with Crippen molar-refractivity contribution in [1.29, 1.82) is 0 Å². The normalized spacial score (nSPS) is 10.1. The number of unbranched alkanes of at least 4 members (excludes halogenated alkanes) is 5. The van der Waals surface area contributed by atoms with Gasteiger partial charge in [-0.3, -0.25) is 15.6 Å². The fourth-order valence-corrected chi connectivity index (χ4v) is 2.20. The molecule has 4 nitrogen and oxygen atoms in total. The second kappa shape index (κ2) is 11.0. The summed E-state index contributed by atoms with van der Waals surface area (Å²) in [5, 5.41) is 3.55. The summed E-state index contributed by atoms with van der Waals surface area (Å²) in [6, 6.07) is 7.40. The van der Waals surface area contributed by atoms with E-state index >= 15 is 0 Å².